The third-order valence-electron chi connectivity index (χ3n) is 5.35. The normalized spacial score (nSPS) is 12.2. The van der Waals surface area contributed by atoms with Gasteiger partial charge < -0.3 is 10.1 Å². The average molecular weight is 501 g/mol. The number of hydrogen-bond acceptors (Lipinski definition) is 4. The zero-order chi connectivity index (χ0) is 24.6. The molecule has 34 heavy (non-hydrogen) atoms. The first-order chi connectivity index (χ1) is 16.3. The van der Waals surface area contributed by atoms with Crippen molar-refractivity contribution in [3.05, 3.63) is 88.9 Å². The summed E-state index contributed by atoms with van der Waals surface area (Å²) in [6.45, 7) is 2.14. The quantitative estimate of drug-likeness (QED) is 0.378. The molecule has 0 heterocycles. The van der Waals surface area contributed by atoms with Gasteiger partial charge in [-0.05, 0) is 60.7 Å². The molecule has 0 unspecified atom stereocenters. The predicted octanol–water partition coefficient (Wildman–Crippen LogP) is 5.22. The summed E-state index contributed by atoms with van der Waals surface area (Å²) < 4.78 is 34.2. The van der Waals surface area contributed by atoms with Gasteiger partial charge in [0, 0.05) is 10.7 Å². The van der Waals surface area contributed by atoms with Gasteiger partial charge in [0.05, 0.1) is 7.11 Å². The number of sulfonamides is 1. The summed E-state index contributed by atoms with van der Waals surface area (Å²) in [4.78, 5) is 13.1. The maximum Gasteiger partial charge on any atom is 0.245 e. The molecule has 8 heteroatoms. The highest BCUT2D eigenvalue weighted by Crippen LogP contribution is 2.27. The van der Waals surface area contributed by atoms with Crippen molar-refractivity contribution < 1.29 is 17.9 Å². The molecule has 3 rings (SSSR count). The summed E-state index contributed by atoms with van der Waals surface area (Å²) in [7, 11) is -2.74. The fourth-order valence-electron chi connectivity index (χ4n) is 3.51. The van der Waals surface area contributed by atoms with E-state index < -0.39 is 22.0 Å². The topological polar surface area (TPSA) is 84.5 Å². The van der Waals surface area contributed by atoms with E-state index in [0.29, 0.717) is 5.69 Å². The van der Waals surface area contributed by atoms with E-state index in [0.717, 1.165) is 24.8 Å². The van der Waals surface area contributed by atoms with E-state index in [1.807, 2.05) is 54.6 Å². The molecule has 1 amide bonds. The minimum absolute atomic E-state index is 0.131. The lowest BCUT2D eigenvalue weighted by Gasteiger charge is -2.20. The van der Waals surface area contributed by atoms with E-state index >= 15 is 0 Å². The number of benzene rings is 3. The van der Waals surface area contributed by atoms with Crippen LogP contribution in [0.4, 0.5) is 5.69 Å². The maximum absolute atomic E-state index is 13.2. The van der Waals surface area contributed by atoms with Gasteiger partial charge >= 0.3 is 0 Å². The molecule has 0 radical (unpaired) electrons. The maximum atomic E-state index is 13.2. The first kappa shape index (κ1) is 25.7. The molecule has 6 nitrogen and oxygen atoms in total. The van der Waals surface area contributed by atoms with Crippen molar-refractivity contribution in [1.82, 2.24) is 4.72 Å². The Morgan fingerprint density at radius 1 is 1.00 bits per heavy atom. The lowest BCUT2D eigenvalue weighted by molar-refractivity contribution is -0.117. The molecule has 0 aliphatic heterocycles. The number of aryl methyl sites for hydroxylation is 1. The summed E-state index contributed by atoms with van der Waals surface area (Å²) in [5.41, 5.74) is 2.61. The van der Waals surface area contributed by atoms with E-state index in [9.17, 15) is 13.2 Å². The Bertz CT molecular complexity index is 1200. The van der Waals surface area contributed by atoms with E-state index in [-0.39, 0.29) is 22.1 Å². The summed E-state index contributed by atoms with van der Waals surface area (Å²) in [5.74, 6) is -0.326. The number of methoxy groups -OCH3 is 1. The van der Waals surface area contributed by atoms with Gasteiger partial charge in [-0.25, -0.2) is 8.42 Å². The highest BCUT2D eigenvalue weighted by Gasteiger charge is 2.28. The van der Waals surface area contributed by atoms with Crippen LogP contribution in [0.1, 0.15) is 30.9 Å². The number of carbonyl (C=O) groups is 1. The van der Waals surface area contributed by atoms with Crippen LogP contribution in [0.3, 0.4) is 0 Å². The molecule has 0 fully saturated rings. The summed E-state index contributed by atoms with van der Waals surface area (Å²) >= 11 is 6.03. The van der Waals surface area contributed by atoms with Crippen LogP contribution in [0.5, 0.6) is 5.75 Å². The van der Waals surface area contributed by atoms with Crippen molar-refractivity contribution in [3.8, 4) is 5.75 Å². The van der Waals surface area contributed by atoms with Crippen LogP contribution >= 0.6 is 11.6 Å². The molecule has 0 aromatic heterocycles. The third-order valence-corrected chi connectivity index (χ3v) is 7.08. The number of carbonyl (C=O) groups excluding carboxylic acids is 1. The van der Waals surface area contributed by atoms with Crippen LogP contribution in [-0.2, 0) is 27.7 Å². The van der Waals surface area contributed by atoms with Crippen molar-refractivity contribution in [1.29, 1.82) is 0 Å². The van der Waals surface area contributed by atoms with Gasteiger partial charge in [0.2, 0.25) is 15.9 Å². The van der Waals surface area contributed by atoms with Gasteiger partial charge in [0.15, 0.2) is 0 Å². The molecule has 1 atom stereocenters. The Hall–Kier alpha value is -2.87. The second-order valence-electron chi connectivity index (χ2n) is 7.95. The SMILES string of the molecule is CCCCc1ccc(NC(=O)[C@H](Cc2ccccc2)NS(=O)(=O)c2cc(Cl)ccc2OC)cc1. The first-order valence-corrected chi connectivity index (χ1v) is 13.0. The number of rotatable bonds is 11. The van der Waals surface area contributed by atoms with E-state index in [1.54, 1.807) is 0 Å². The molecule has 0 aliphatic carbocycles. The Kier molecular flexibility index (Phi) is 9.10. The lowest BCUT2D eigenvalue weighted by Crippen LogP contribution is -2.45. The average Bonchev–Trinajstić information content (AvgIpc) is 2.83. The largest absolute Gasteiger partial charge is 0.495 e. The van der Waals surface area contributed by atoms with Gasteiger partial charge in [-0.15, -0.1) is 0 Å². The van der Waals surface area contributed by atoms with Crippen LogP contribution in [0.2, 0.25) is 5.02 Å². The zero-order valence-corrected chi connectivity index (χ0v) is 20.8. The first-order valence-electron chi connectivity index (χ1n) is 11.1. The fourth-order valence-corrected chi connectivity index (χ4v) is 5.14. The molecule has 0 saturated carbocycles. The lowest BCUT2D eigenvalue weighted by atomic mass is 10.1. The molecule has 180 valence electrons. The van der Waals surface area contributed by atoms with Crippen molar-refractivity contribution >= 4 is 33.2 Å². The molecule has 0 spiro atoms. The highest BCUT2D eigenvalue weighted by atomic mass is 35.5. The Morgan fingerprint density at radius 3 is 2.35 bits per heavy atom. The smallest absolute Gasteiger partial charge is 0.245 e. The van der Waals surface area contributed by atoms with Gasteiger partial charge in [0.1, 0.15) is 16.7 Å². The predicted molar refractivity (Wildman–Crippen MR) is 136 cm³/mol. The molecule has 3 aromatic rings. The van der Waals surface area contributed by atoms with Crippen LogP contribution in [0.25, 0.3) is 0 Å². The van der Waals surface area contributed by atoms with Crippen LogP contribution < -0.4 is 14.8 Å². The highest BCUT2D eigenvalue weighted by molar-refractivity contribution is 7.89. The Balaban J connectivity index is 1.85. The van der Waals surface area contributed by atoms with Crippen molar-refractivity contribution in [2.75, 3.05) is 12.4 Å². The standard InChI is InChI=1S/C26H29ClN2O4S/c1-3-4-8-19-11-14-22(15-12-19)28-26(30)23(17-20-9-6-5-7-10-20)29-34(31,32)25-18-21(27)13-16-24(25)33-2/h5-7,9-16,18,23,29H,3-4,8,17H2,1-2H3,(H,28,30)/t23-/m0/s1. The molecule has 3 aromatic carbocycles. The summed E-state index contributed by atoms with van der Waals surface area (Å²) in [6.07, 6.45) is 3.35. The van der Waals surface area contributed by atoms with Crippen molar-refractivity contribution in [2.45, 2.75) is 43.5 Å². The van der Waals surface area contributed by atoms with Crippen LogP contribution in [-0.4, -0.2) is 27.5 Å². The van der Waals surface area contributed by atoms with Crippen LogP contribution in [0, 0.1) is 0 Å². The number of ether oxygens (including phenoxy) is 1. The van der Waals surface area contributed by atoms with E-state index in [4.69, 9.17) is 16.3 Å². The number of anilines is 1. The van der Waals surface area contributed by atoms with E-state index in [1.165, 1.54) is 30.9 Å². The monoisotopic (exact) mass is 500 g/mol. The minimum atomic E-state index is -4.12. The van der Waals surface area contributed by atoms with Gasteiger partial charge in [-0.2, -0.15) is 4.72 Å². The van der Waals surface area contributed by atoms with Gasteiger partial charge in [-0.3, -0.25) is 4.79 Å². The molecule has 0 aliphatic rings. The zero-order valence-electron chi connectivity index (χ0n) is 19.3. The number of halogens is 1. The van der Waals surface area contributed by atoms with Gasteiger partial charge in [-0.1, -0.05) is 67.4 Å². The number of hydrogen-bond donors (Lipinski definition) is 2. The fraction of sp³-hybridized carbons (Fsp3) is 0.269. The summed E-state index contributed by atoms with van der Waals surface area (Å²) in [5, 5.41) is 3.08. The second kappa shape index (κ2) is 12.0. The summed E-state index contributed by atoms with van der Waals surface area (Å²) in [6, 6.07) is 20.1. The Labute approximate surface area is 206 Å². The molecule has 0 bridgehead atoms. The minimum Gasteiger partial charge on any atom is -0.495 e. The molecular weight excluding hydrogens is 472 g/mol. The number of unbranched alkanes of at least 4 members (excludes halogenated alkanes) is 1. The van der Waals surface area contributed by atoms with Crippen LogP contribution in [0.15, 0.2) is 77.7 Å². The van der Waals surface area contributed by atoms with Gasteiger partial charge in [0.25, 0.3) is 0 Å². The van der Waals surface area contributed by atoms with Crippen molar-refractivity contribution in [3.63, 3.8) is 0 Å². The number of nitrogens with one attached hydrogen (secondary N) is 2. The van der Waals surface area contributed by atoms with Crippen molar-refractivity contribution in [2.24, 2.45) is 0 Å². The van der Waals surface area contributed by atoms with E-state index in [2.05, 4.69) is 17.0 Å². The third kappa shape index (κ3) is 7.06. The molecule has 0 saturated heterocycles. The molecule has 2 N–H and O–H groups in total. The Morgan fingerprint density at radius 2 is 1.71 bits per heavy atom. The second-order valence-corrected chi connectivity index (χ2v) is 10.1. The number of amides is 1. The molecular formula is C26H29ClN2O4S.